The van der Waals surface area contributed by atoms with Crippen molar-refractivity contribution in [3.05, 3.63) is 94.8 Å². The zero-order valence-electron chi connectivity index (χ0n) is 30.2. The first-order chi connectivity index (χ1) is 19.8. The Morgan fingerprint density at radius 3 is 1.81 bits per heavy atom. The highest BCUT2D eigenvalue weighted by Gasteiger charge is 2.24. The van der Waals surface area contributed by atoms with Gasteiger partial charge in [0.05, 0.1) is 0 Å². The minimum Gasteiger partial charge on any atom is -0.399 e. The molecule has 0 fully saturated rings. The number of allylic oxidation sites excluding steroid dienone is 7. The first-order valence-corrected chi connectivity index (χ1v) is 16.5. The quantitative estimate of drug-likeness (QED) is 0.141. The summed E-state index contributed by atoms with van der Waals surface area (Å²) in [5, 5.41) is 0. The Kier molecular flexibility index (Phi) is 27.0. The summed E-state index contributed by atoms with van der Waals surface area (Å²) in [6.07, 6.45) is 20.0. The van der Waals surface area contributed by atoms with Gasteiger partial charge in [0.1, 0.15) is 0 Å². The van der Waals surface area contributed by atoms with Crippen LogP contribution in [0.5, 0.6) is 0 Å². The lowest BCUT2D eigenvalue weighted by atomic mass is 9.75. The SMILES string of the molecule is C#Cc1ccc(C(C)(CC)CC/C(C)=C/C(CC)=C(\C=C\C(=C)N)C(C)C(C)C)cc1.C=C(C)CCC.CC.CCC. The number of hydrogen-bond acceptors (Lipinski definition) is 1. The van der Waals surface area contributed by atoms with E-state index in [-0.39, 0.29) is 5.41 Å². The molecule has 0 aliphatic rings. The van der Waals surface area contributed by atoms with Gasteiger partial charge in [-0.2, -0.15) is 0 Å². The first kappa shape index (κ1) is 43.7. The van der Waals surface area contributed by atoms with E-state index in [2.05, 4.69) is 132 Å². The molecular formula is C41H69N. The van der Waals surface area contributed by atoms with E-state index in [1.54, 1.807) is 0 Å². The average Bonchev–Trinajstić information content (AvgIpc) is 2.96. The van der Waals surface area contributed by atoms with Gasteiger partial charge in [-0.1, -0.05) is 137 Å². The fraction of sp³-hybridized carbons (Fsp3) is 0.561. The molecule has 0 aromatic heterocycles. The molecule has 1 aromatic rings. The van der Waals surface area contributed by atoms with Crippen molar-refractivity contribution < 1.29 is 0 Å². The van der Waals surface area contributed by atoms with Gasteiger partial charge in [0.2, 0.25) is 0 Å². The molecule has 0 spiro atoms. The van der Waals surface area contributed by atoms with Crippen molar-refractivity contribution in [2.75, 3.05) is 0 Å². The Morgan fingerprint density at radius 1 is 0.952 bits per heavy atom. The molecule has 0 radical (unpaired) electrons. The number of terminal acetylenes is 1. The van der Waals surface area contributed by atoms with Crippen LogP contribution in [0.25, 0.3) is 0 Å². The highest BCUT2D eigenvalue weighted by atomic mass is 14.5. The fourth-order valence-corrected chi connectivity index (χ4v) is 4.26. The van der Waals surface area contributed by atoms with E-state index in [1.807, 2.05) is 19.9 Å². The van der Waals surface area contributed by atoms with Crippen LogP contribution in [0.4, 0.5) is 0 Å². The standard InChI is InChI=1S/C30H43N.C6H12.C3H8.C2H6/c1-10-26-14-16-28(17-15-26)30(9,12-3)20-19-23(6)21-27(11-2)29(18-13-24(7)31)25(8)22(4)5;1-4-5-6(2)3;1-3-2;1-2/h1,13-18,21-22,25H,7,11-12,19-20,31H2,2-6,8-9H3;2,4-5H2,1,3H3;3H2,1-2H3;1-2H3/b18-13+,23-21+,29-27+;;;. The molecule has 0 heterocycles. The summed E-state index contributed by atoms with van der Waals surface area (Å²) < 4.78 is 0. The Balaban J connectivity index is -0.00000118. The lowest BCUT2D eigenvalue weighted by Gasteiger charge is -2.29. The van der Waals surface area contributed by atoms with Crippen molar-refractivity contribution in [2.45, 2.75) is 140 Å². The van der Waals surface area contributed by atoms with Crippen molar-refractivity contribution in [3.63, 3.8) is 0 Å². The van der Waals surface area contributed by atoms with Gasteiger partial charge < -0.3 is 5.73 Å². The molecule has 1 nitrogen and oxygen atoms in total. The van der Waals surface area contributed by atoms with E-state index in [1.165, 1.54) is 47.1 Å². The van der Waals surface area contributed by atoms with E-state index >= 15 is 0 Å². The smallest absolute Gasteiger partial charge is 0.0242 e. The molecule has 1 aromatic carbocycles. The number of rotatable bonds is 13. The van der Waals surface area contributed by atoms with Crippen LogP contribution in [-0.4, -0.2) is 0 Å². The average molecular weight is 576 g/mol. The van der Waals surface area contributed by atoms with E-state index in [0.717, 1.165) is 31.2 Å². The maximum absolute atomic E-state index is 5.81. The van der Waals surface area contributed by atoms with Gasteiger partial charge in [-0.25, -0.2) is 0 Å². The molecular weight excluding hydrogens is 506 g/mol. The maximum Gasteiger partial charge on any atom is 0.0242 e. The summed E-state index contributed by atoms with van der Waals surface area (Å²) in [6.45, 7) is 36.0. The van der Waals surface area contributed by atoms with Gasteiger partial charge in [-0.05, 0) is 98.1 Å². The normalized spacial score (nSPS) is 13.6. The molecule has 2 atom stereocenters. The van der Waals surface area contributed by atoms with Gasteiger partial charge in [-0.15, -0.1) is 13.0 Å². The van der Waals surface area contributed by atoms with Crippen molar-refractivity contribution >= 4 is 0 Å². The maximum atomic E-state index is 5.81. The van der Waals surface area contributed by atoms with E-state index in [9.17, 15) is 0 Å². The predicted octanol–water partition coefficient (Wildman–Crippen LogP) is 12.9. The molecule has 0 aliphatic carbocycles. The molecule has 2 N–H and O–H groups in total. The molecule has 1 rings (SSSR count). The third-order valence-corrected chi connectivity index (χ3v) is 7.42. The molecule has 42 heavy (non-hydrogen) atoms. The highest BCUT2D eigenvalue weighted by Crippen LogP contribution is 2.34. The number of benzene rings is 1. The van der Waals surface area contributed by atoms with Crippen molar-refractivity contribution in [2.24, 2.45) is 17.6 Å². The first-order valence-electron chi connectivity index (χ1n) is 16.5. The van der Waals surface area contributed by atoms with Crippen molar-refractivity contribution in [1.82, 2.24) is 0 Å². The molecule has 1 heteroatoms. The van der Waals surface area contributed by atoms with Crippen LogP contribution in [0.1, 0.15) is 146 Å². The summed E-state index contributed by atoms with van der Waals surface area (Å²) in [5.74, 6) is 3.74. The summed E-state index contributed by atoms with van der Waals surface area (Å²) in [4.78, 5) is 0. The van der Waals surface area contributed by atoms with Crippen molar-refractivity contribution in [1.29, 1.82) is 0 Å². The molecule has 0 amide bonds. The number of hydrogen-bond donors (Lipinski definition) is 1. The monoisotopic (exact) mass is 576 g/mol. The fourth-order valence-electron chi connectivity index (χ4n) is 4.26. The molecule has 2 unspecified atom stereocenters. The summed E-state index contributed by atoms with van der Waals surface area (Å²) >= 11 is 0. The Morgan fingerprint density at radius 2 is 1.48 bits per heavy atom. The van der Waals surface area contributed by atoms with Crippen molar-refractivity contribution in [3.8, 4) is 12.3 Å². The minimum absolute atomic E-state index is 0.142. The second-order valence-corrected chi connectivity index (χ2v) is 11.8. The van der Waals surface area contributed by atoms with Crippen LogP contribution in [0, 0.1) is 24.2 Å². The second kappa shape index (κ2) is 25.9. The zero-order valence-corrected chi connectivity index (χ0v) is 30.2. The molecule has 0 saturated heterocycles. The van der Waals surface area contributed by atoms with Crippen LogP contribution in [0.2, 0.25) is 0 Å². The largest absolute Gasteiger partial charge is 0.399 e. The van der Waals surface area contributed by atoms with Gasteiger partial charge in [-0.3, -0.25) is 0 Å². The molecule has 0 bridgehead atoms. The summed E-state index contributed by atoms with van der Waals surface area (Å²) in [6, 6.07) is 8.51. The topological polar surface area (TPSA) is 26.0 Å². The Labute approximate surface area is 264 Å². The lowest BCUT2D eigenvalue weighted by Crippen LogP contribution is -2.21. The van der Waals surface area contributed by atoms with Gasteiger partial charge in [0.25, 0.3) is 0 Å². The van der Waals surface area contributed by atoms with Crippen LogP contribution < -0.4 is 5.73 Å². The number of nitrogens with two attached hydrogens (primary N) is 1. The van der Waals surface area contributed by atoms with Crippen LogP contribution in [-0.2, 0) is 5.41 Å². The lowest BCUT2D eigenvalue weighted by molar-refractivity contribution is 0.418. The van der Waals surface area contributed by atoms with Crippen LogP contribution in [0.15, 0.2) is 83.6 Å². The zero-order chi connectivity index (χ0) is 33.3. The van der Waals surface area contributed by atoms with Gasteiger partial charge >= 0.3 is 0 Å². The van der Waals surface area contributed by atoms with E-state index < -0.39 is 0 Å². The van der Waals surface area contributed by atoms with E-state index in [0.29, 0.717) is 17.5 Å². The van der Waals surface area contributed by atoms with Crippen LogP contribution >= 0.6 is 0 Å². The molecule has 0 aliphatic heterocycles. The van der Waals surface area contributed by atoms with Gasteiger partial charge in [0.15, 0.2) is 0 Å². The summed E-state index contributed by atoms with van der Waals surface area (Å²) in [5.41, 5.74) is 14.3. The third kappa shape index (κ3) is 19.4. The predicted molar refractivity (Wildman–Crippen MR) is 196 cm³/mol. The Bertz CT molecular complexity index is 990. The highest BCUT2D eigenvalue weighted by molar-refractivity contribution is 5.39. The van der Waals surface area contributed by atoms with Crippen LogP contribution in [0.3, 0.4) is 0 Å². The third-order valence-electron chi connectivity index (χ3n) is 7.42. The second-order valence-electron chi connectivity index (χ2n) is 11.8. The van der Waals surface area contributed by atoms with Gasteiger partial charge in [0, 0.05) is 11.3 Å². The molecule has 238 valence electrons. The van der Waals surface area contributed by atoms with E-state index in [4.69, 9.17) is 12.2 Å². The molecule has 0 saturated carbocycles. The Hall–Kier alpha value is -2.72. The summed E-state index contributed by atoms with van der Waals surface area (Å²) in [7, 11) is 0. The minimum atomic E-state index is 0.142.